The van der Waals surface area contributed by atoms with Gasteiger partial charge in [0, 0.05) is 0 Å². The van der Waals surface area contributed by atoms with Gasteiger partial charge >= 0.3 is 5.76 Å². The molecule has 0 saturated heterocycles. The van der Waals surface area contributed by atoms with Crippen molar-refractivity contribution in [2.75, 3.05) is 0 Å². The van der Waals surface area contributed by atoms with Crippen LogP contribution in [0.25, 0.3) is 0 Å². The van der Waals surface area contributed by atoms with Crippen molar-refractivity contribution in [3.63, 3.8) is 0 Å². The maximum absolute atomic E-state index is 12.3. The third-order valence-corrected chi connectivity index (χ3v) is 4.19. The van der Waals surface area contributed by atoms with E-state index in [0.29, 0.717) is 25.7 Å². The molecule has 0 heterocycles. The van der Waals surface area contributed by atoms with Crippen LogP contribution in [0.5, 0.6) is 0 Å². The van der Waals surface area contributed by atoms with Crippen LogP contribution in [0.3, 0.4) is 0 Å². The molecular formula is C9H17F2N3O2S. The predicted octanol–water partition coefficient (Wildman–Crippen LogP) is 1.16. The number of alkyl halides is 2. The Morgan fingerprint density at radius 1 is 1.24 bits per heavy atom. The third kappa shape index (κ3) is 3.35. The topological polar surface area (TPSA) is 96.0 Å². The molecule has 0 atom stereocenters. The Morgan fingerprint density at radius 2 is 1.71 bits per heavy atom. The number of hydrogen-bond donors (Lipinski definition) is 3. The van der Waals surface area contributed by atoms with Gasteiger partial charge in [0.1, 0.15) is 5.84 Å². The summed E-state index contributed by atoms with van der Waals surface area (Å²) < 4.78 is 49.0. The van der Waals surface area contributed by atoms with Crippen molar-refractivity contribution < 1.29 is 17.2 Å². The highest BCUT2D eigenvalue weighted by molar-refractivity contribution is 7.89. The Morgan fingerprint density at radius 3 is 2.06 bits per heavy atom. The Balaban J connectivity index is 2.96. The molecule has 0 aromatic heterocycles. The zero-order chi connectivity index (χ0) is 13.1. The van der Waals surface area contributed by atoms with Crippen LogP contribution < -0.4 is 10.5 Å². The van der Waals surface area contributed by atoms with E-state index >= 15 is 0 Å². The standard InChI is InChI=1S/C9H17F2N3O2S/c10-8(11)17(15,16)14-9(7(12)13)5-3-1-2-4-6-9/h8,14H,1-6H2,(H3,12,13). The van der Waals surface area contributed by atoms with E-state index in [0.717, 1.165) is 12.8 Å². The number of sulfonamides is 1. The molecule has 17 heavy (non-hydrogen) atoms. The number of nitrogens with one attached hydrogen (secondary N) is 2. The number of rotatable bonds is 4. The summed E-state index contributed by atoms with van der Waals surface area (Å²) in [5.41, 5.74) is 4.06. The summed E-state index contributed by atoms with van der Waals surface area (Å²) >= 11 is 0. The minimum Gasteiger partial charge on any atom is -0.386 e. The van der Waals surface area contributed by atoms with Crippen molar-refractivity contribution in [3.8, 4) is 0 Å². The van der Waals surface area contributed by atoms with Gasteiger partial charge in [-0.2, -0.15) is 13.5 Å². The van der Waals surface area contributed by atoms with Gasteiger partial charge in [0.25, 0.3) is 10.0 Å². The van der Waals surface area contributed by atoms with Gasteiger partial charge in [-0.25, -0.2) is 8.42 Å². The van der Waals surface area contributed by atoms with E-state index in [1.165, 1.54) is 0 Å². The summed E-state index contributed by atoms with van der Waals surface area (Å²) in [5, 5.41) is 7.46. The fourth-order valence-corrected chi connectivity index (χ4v) is 3.02. The average molecular weight is 269 g/mol. The normalized spacial score (nSPS) is 21.1. The molecule has 4 N–H and O–H groups in total. The van der Waals surface area contributed by atoms with Crippen LogP contribution >= 0.6 is 0 Å². The van der Waals surface area contributed by atoms with Crippen LogP contribution in [0.4, 0.5) is 8.78 Å². The van der Waals surface area contributed by atoms with Gasteiger partial charge in [-0.1, -0.05) is 25.7 Å². The van der Waals surface area contributed by atoms with Crippen LogP contribution in [0.2, 0.25) is 0 Å². The zero-order valence-electron chi connectivity index (χ0n) is 9.38. The zero-order valence-corrected chi connectivity index (χ0v) is 10.2. The van der Waals surface area contributed by atoms with Crippen molar-refractivity contribution in [3.05, 3.63) is 0 Å². The van der Waals surface area contributed by atoms with Crippen molar-refractivity contribution in [1.82, 2.24) is 4.72 Å². The van der Waals surface area contributed by atoms with E-state index in [9.17, 15) is 17.2 Å². The van der Waals surface area contributed by atoms with Crippen LogP contribution in [0.15, 0.2) is 0 Å². The lowest BCUT2D eigenvalue weighted by molar-refractivity contribution is 0.229. The highest BCUT2D eigenvalue weighted by Crippen LogP contribution is 2.28. The summed E-state index contributed by atoms with van der Waals surface area (Å²) in [6, 6.07) is 0. The van der Waals surface area contributed by atoms with Gasteiger partial charge < -0.3 is 5.73 Å². The number of halogens is 2. The van der Waals surface area contributed by atoms with E-state index in [-0.39, 0.29) is 5.84 Å². The number of hydrogen-bond acceptors (Lipinski definition) is 3. The number of nitrogens with two attached hydrogens (primary N) is 1. The van der Waals surface area contributed by atoms with E-state index in [2.05, 4.69) is 0 Å². The molecule has 0 unspecified atom stereocenters. The summed E-state index contributed by atoms with van der Waals surface area (Å²) in [6.45, 7) is 0. The van der Waals surface area contributed by atoms with Gasteiger partial charge in [-0.15, -0.1) is 0 Å². The van der Waals surface area contributed by atoms with Crippen LogP contribution in [0, 0.1) is 5.41 Å². The third-order valence-electron chi connectivity index (χ3n) is 3.04. The SMILES string of the molecule is N=C(N)C1(NS(=O)(=O)C(F)F)CCCCCC1. The fraction of sp³-hybridized carbons (Fsp3) is 0.889. The molecule has 0 aliphatic heterocycles. The predicted molar refractivity (Wildman–Crippen MR) is 60.4 cm³/mol. The molecule has 1 aliphatic rings. The average Bonchev–Trinajstić information content (AvgIpc) is 2.43. The van der Waals surface area contributed by atoms with Crippen molar-refractivity contribution in [2.45, 2.75) is 49.8 Å². The van der Waals surface area contributed by atoms with Gasteiger partial charge in [0.05, 0.1) is 5.54 Å². The molecule has 0 aromatic rings. The van der Waals surface area contributed by atoms with Crippen molar-refractivity contribution in [1.29, 1.82) is 5.41 Å². The van der Waals surface area contributed by atoms with Crippen LogP contribution in [0.1, 0.15) is 38.5 Å². The Kier molecular flexibility index (Phi) is 4.42. The summed E-state index contributed by atoms with van der Waals surface area (Å²) in [6.07, 6.45) is 3.73. The maximum atomic E-state index is 12.3. The van der Waals surface area contributed by atoms with Crippen LogP contribution in [-0.4, -0.2) is 25.5 Å². The minimum absolute atomic E-state index is 0.300. The first-order valence-electron chi connectivity index (χ1n) is 5.46. The lowest BCUT2D eigenvalue weighted by Gasteiger charge is -2.31. The molecule has 100 valence electrons. The second kappa shape index (κ2) is 5.26. The molecule has 0 radical (unpaired) electrons. The molecule has 1 rings (SSSR count). The second-order valence-electron chi connectivity index (χ2n) is 4.32. The fourth-order valence-electron chi connectivity index (χ4n) is 2.08. The molecular weight excluding hydrogens is 252 g/mol. The summed E-state index contributed by atoms with van der Waals surface area (Å²) in [7, 11) is -4.72. The van der Waals surface area contributed by atoms with E-state index < -0.39 is 21.3 Å². The molecule has 0 spiro atoms. The number of amidine groups is 1. The highest BCUT2D eigenvalue weighted by Gasteiger charge is 2.40. The van der Waals surface area contributed by atoms with Gasteiger partial charge in [-0.3, -0.25) is 5.41 Å². The molecule has 5 nitrogen and oxygen atoms in total. The van der Waals surface area contributed by atoms with E-state index in [1.807, 2.05) is 4.72 Å². The smallest absolute Gasteiger partial charge is 0.350 e. The Hall–Kier alpha value is -0.760. The second-order valence-corrected chi connectivity index (χ2v) is 5.97. The summed E-state index contributed by atoms with van der Waals surface area (Å²) in [5.74, 6) is -3.88. The lowest BCUT2D eigenvalue weighted by Crippen LogP contribution is -2.57. The van der Waals surface area contributed by atoms with Gasteiger partial charge in [0.2, 0.25) is 0 Å². The van der Waals surface area contributed by atoms with Gasteiger partial charge in [0.15, 0.2) is 0 Å². The maximum Gasteiger partial charge on any atom is 0.350 e. The molecule has 0 bridgehead atoms. The Bertz CT molecular complexity index is 376. The van der Waals surface area contributed by atoms with E-state index in [4.69, 9.17) is 11.1 Å². The largest absolute Gasteiger partial charge is 0.386 e. The molecule has 1 aliphatic carbocycles. The quantitative estimate of drug-likeness (QED) is 0.406. The molecule has 8 heteroatoms. The highest BCUT2D eigenvalue weighted by atomic mass is 32.2. The minimum atomic E-state index is -4.72. The summed E-state index contributed by atoms with van der Waals surface area (Å²) in [4.78, 5) is 0. The lowest BCUT2D eigenvalue weighted by atomic mass is 9.90. The first kappa shape index (κ1) is 14.3. The monoisotopic (exact) mass is 269 g/mol. The molecule has 0 amide bonds. The first-order valence-corrected chi connectivity index (χ1v) is 7.00. The molecule has 0 aromatic carbocycles. The van der Waals surface area contributed by atoms with Crippen molar-refractivity contribution >= 4 is 15.9 Å². The van der Waals surface area contributed by atoms with E-state index in [1.54, 1.807) is 0 Å². The van der Waals surface area contributed by atoms with Crippen molar-refractivity contribution in [2.24, 2.45) is 5.73 Å². The molecule has 1 saturated carbocycles. The molecule has 1 fully saturated rings. The Labute approximate surface area is 99.3 Å². The van der Waals surface area contributed by atoms with Crippen LogP contribution in [-0.2, 0) is 10.0 Å². The van der Waals surface area contributed by atoms with Gasteiger partial charge in [-0.05, 0) is 12.8 Å². The first-order chi connectivity index (χ1) is 7.80.